The van der Waals surface area contributed by atoms with Crippen molar-refractivity contribution in [1.29, 1.82) is 0 Å². The molecule has 0 spiro atoms. The molecule has 0 saturated heterocycles. The van der Waals surface area contributed by atoms with Gasteiger partial charge in [0.05, 0.1) is 18.1 Å². The van der Waals surface area contributed by atoms with Gasteiger partial charge in [-0.3, -0.25) is 14.9 Å². The average Bonchev–Trinajstić information content (AvgIpc) is 3.12. The van der Waals surface area contributed by atoms with E-state index in [9.17, 15) is 23.1 Å². The maximum Gasteiger partial charge on any atom is 0.333 e. The first-order chi connectivity index (χ1) is 14.7. The summed E-state index contributed by atoms with van der Waals surface area (Å²) in [5.74, 6) is -1.15. The number of nitrogens with zero attached hydrogens (tertiary/aromatic N) is 2. The SMILES string of the molecule is CS(=O)(=O)Nc1cccc(CNC(=O)NNC(=O)c2nn(-c3ccccc3)cc2O)c1. The van der Waals surface area contributed by atoms with Crippen LogP contribution in [0.2, 0.25) is 0 Å². The topological polar surface area (TPSA) is 154 Å². The predicted octanol–water partition coefficient (Wildman–Crippen LogP) is 1.09. The van der Waals surface area contributed by atoms with Crippen LogP contribution in [0.15, 0.2) is 60.8 Å². The molecule has 2 aromatic carbocycles. The Bertz CT molecular complexity index is 1190. The van der Waals surface area contributed by atoms with Gasteiger partial charge in [-0.25, -0.2) is 23.3 Å². The molecule has 0 radical (unpaired) electrons. The molecule has 3 amide bonds. The number of urea groups is 1. The number of carbonyl (C=O) groups is 2. The molecule has 0 atom stereocenters. The molecule has 5 N–H and O–H groups in total. The molecule has 0 saturated carbocycles. The van der Waals surface area contributed by atoms with Crippen molar-refractivity contribution in [1.82, 2.24) is 25.9 Å². The lowest BCUT2D eigenvalue weighted by atomic mass is 10.2. The summed E-state index contributed by atoms with van der Waals surface area (Å²) in [5, 5.41) is 16.5. The van der Waals surface area contributed by atoms with Crippen molar-refractivity contribution in [2.24, 2.45) is 0 Å². The lowest BCUT2D eigenvalue weighted by Gasteiger charge is -2.10. The van der Waals surface area contributed by atoms with Crippen LogP contribution < -0.4 is 20.9 Å². The van der Waals surface area contributed by atoms with Crippen molar-refractivity contribution < 1.29 is 23.1 Å². The van der Waals surface area contributed by atoms with E-state index in [1.807, 2.05) is 6.07 Å². The van der Waals surface area contributed by atoms with Gasteiger partial charge in [-0.05, 0) is 29.8 Å². The van der Waals surface area contributed by atoms with Crippen molar-refractivity contribution >= 4 is 27.6 Å². The van der Waals surface area contributed by atoms with Crippen LogP contribution in [0.3, 0.4) is 0 Å². The Kier molecular flexibility index (Phi) is 6.40. The van der Waals surface area contributed by atoms with Crippen LogP contribution >= 0.6 is 0 Å². The zero-order valence-electron chi connectivity index (χ0n) is 16.4. The third-order valence-electron chi connectivity index (χ3n) is 3.90. The number of benzene rings is 2. The summed E-state index contributed by atoms with van der Waals surface area (Å²) in [6.07, 6.45) is 2.32. The van der Waals surface area contributed by atoms with Gasteiger partial charge in [0.1, 0.15) is 0 Å². The highest BCUT2D eigenvalue weighted by atomic mass is 32.2. The van der Waals surface area contributed by atoms with Gasteiger partial charge >= 0.3 is 6.03 Å². The Morgan fingerprint density at radius 1 is 1.06 bits per heavy atom. The zero-order valence-corrected chi connectivity index (χ0v) is 17.2. The molecule has 0 aliphatic rings. The normalized spacial score (nSPS) is 10.9. The van der Waals surface area contributed by atoms with E-state index >= 15 is 0 Å². The Balaban J connectivity index is 1.53. The molecular formula is C19H20N6O5S. The number of carbonyl (C=O) groups excluding carboxylic acids is 2. The predicted molar refractivity (Wildman–Crippen MR) is 113 cm³/mol. The van der Waals surface area contributed by atoms with Crippen LogP contribution in [0.4, 0.5) is 10.5 Å². The second-order valence-corrected chi connectivity index (χ2v) is 8.23. The maximum absolute atomic E-state index is 12.2. The third-order valence-corrected chi connectivity index (χ3v) is 4.51. The first-order valence-corrected chi connectivity index (χ1v) is 10.9. The standard InChI is InChI=1S/C19H20N6O5S/c1-31(29,30)24-14-7-5-6-13(10-14)11-20-19(28)22-21-18(27)17-16(26)12-25(23-17)15-8-3-2-4-9-15/h2-10,12,24,26H,11H2,1H3,(H,21,27)(H2,20,22,28). The first kappa shape index (κ1) is 21.6. The molecule has 1 aromatic heterocycles. The molecule has 0 aliphatic heterocycles. The summed E-state index contributed by atoms with van der Waals surface area (Å²) < 4.78 is 26.3. The highest BCUT2D eigenvalue weighted by Crippen LogP contribution is 2.17. The van der Waals surface area contributed by atoms with Crippen molar-refractivity contribution in [2.45, 2.75) is 6.54 Å². The lowest BCUT2D eigenvalue weighted by Crippen LogP contribution is -2.46. The van der Waals surface area contributed by atoms with E-state index in [2.05, 4.69) is 26.0 Å². The first-order valence-electron chi connectivity index (χ1n) is 8.96. The van der Waals surface area contributed by atoms with Gasteiger partial charge in [-0.2, -0.15) is 5.10 Å². The smallest absolute Gasteiger partial charge is 0.333 e. The van der Waals surface area contributed by atoms with Crippen molar-refractivity contribution in [2.75, 3.05) is 11.0 Å². The summed E-state index contributed by atoms with van der Waals surface area (Å²) in [5.41, 5.74) is 5.70. The highest BCUT2D eigenvalue weighted by Gasteiger charge is 2.17. The summed E-state index contributed by atoms with van der Waals surface area (Å²) in [7, 11) is -3.41. The molecule has 0 aliphatic carbocycles. The number of amides is 3. The summed E-state index contributed by atoms with van der Waals surface area (Å²) in [6.45, 7) is 0.0782. The van der Waals surface area contributed by atoms with Gasteiger partial charge < -0.3 is 10.4 Å². The van der Waals surface area contributed by atoms with E-state index < -0.39 is 22.0 Å². The van der Waals surface area contributed by atoms with Crippen LogP contribution in [-0.2, 0) is 16.6 Å². The van der Waals surface area contributed by atoms with E-state index in [4.69, 9.17) is 0 Å². The number of hydrogen-bond donors (Lipinski definition) is 5. The van der Waals surface area contributed by atoms with Gasteiger partial charge in [0.2, 0.25) is 10.0 Å². The van der Waals surface area contributed by atoms with E-state index in [-0.39, 0.29) is 18.0 Å². The van der Waals surface area contributed by atoms with Crippen LogP contribution in [0, 0.1) is 0 Å². The fourth-order valence-electron chi connectivity index (χ4n) is 2.60. The van der Waals surface area contributed by atoms with Gasteiger partial charge in [-0.15, -0.1) is 0 Å². The Morgan fingerprint density at radius 3 is 2.52 bits per heavy atom. The highest BCUT2D eigenvalue weighted by molar-refractivity contribution is 7.92. The molecular weight excluding hydrogens is 424 g/mol. The number of aromatic nitrogens is 2. The van der Waals surface area contributed by atoms with E-state index in [1.54, 1.807) is 48.5 Å². The molecule has 1 heterocycles. The number of hydrogen-bond acceptors (Lipinski definition) is 6. The van der Waals surface area contributed by atoms with Gasteiger partial charge in [-0.1, -0.05) is 30.3 Å². The Morgan fingerprint density at radius 2 is 1.81 bits per heavy atom. The number of para-hydroxylation sites is 1. The van der Waals surface area contributed by atoms with Crippen LogP contribution in [0.5, 0.6) is 5.75 Å². The number of sulfonamides is 1. The molecule has 11 nitrogen and oxygen atoms in total. The monoisotopic (exact) mass is 444 g/mol. The quantitative estimate of drug-likeness (QED) is 0.359. The number of rotatable bonds is 6. The lowest BCUT2D eigenvalue weighted by molar-refractivity contribution is 0.0928. The summed E-state index contributed by atoms with van der Waals surface area (Å²) >= 11 is 0. The fourth-order valence-corrected chi connectivity index (χ4v) is 3.15. The molecule has 3 aromatic rings. The number of hydrazine groups is 1. The third kappa shape index (κ3) is 6.21. The molecule has 0 bridgehead atoms. The van der Waals surface area contributed by atoms with E-state index in [1.165, 1.54) is 10.9 Å². The molecule has 31 heavy (non-hydrogen) atoms. The van der Waals surface area contributed by atoms with Crippen LogP contribution in [0.1, 0.15) is 16.1 Å². The Labute approximate surface area is 178 Å². The maximum atomic E-state index is 12.2. The Hall–Kier alpha value is -4.06. The summed E-state index contributed by atoms with van der Waals surface area (Å²) in [6, 6.07) is 14.6. The van der Waals surface area contributed by atoms with Crippen LogP contribution in [-0.4, -0.2) is 41.5 Å². The van der Waals surface area contributed by atoms with Crippen LogP contribution in [0.25, 0.3) is 5.69 Å². The average molecular weight is 444 g/mol. The van der Waals surface area contributed by atoms with Crippen molar-refractivity contribution in [3.63, 3.8) is 0 Å². The molecule has 162 valence electrons. The number of anilines is 1. The van der Waals surface area contributed by atoms with E-state index in [0.717, 1.165) is 6.26 Å². The largest absolute Gasteiger partial charge is 0.504 e. The van der Waals surface area contributed by atoms with Gasteiger partial charge in [0.25, 0.3) is 5.91 Å². The minimum atomic E-state index is -3.41. The number of nitrogens with one attached hydrogen (secondary N) is 4. The number of aromatic hydroxyl groups is 1. The fraction of sp³-hybridized carbons (Fsp3) is 0.105. The van der Waals surface area contributed by atoms with E-state index in [0.29, 0.717) is 16.9 Å². The second-order valence-electron chi connectivity index (χ2n) is 6.48. The minimum absolute atomic E-state index is 0.0782. The molecule has 0 unspecified atom stereocenters. The summed E-state index contributed by atoms with van der Waals surface area (Å²) in [4.78, 5) is 24.2. The molecule has 3 rings (SSSR count). The molecule has 0 fully saturated rings. The van der Waals surface area contributed by atoms with Gasteiger partial charge in [0.15, 0.2) is 11.4 Å². The second kappa shape index (κ2) is 9.17. The van der Waals surface area contributed by atoms with Crippen molar-refractivity contribution in [3.05, 3.63) is 72.1 Å². The zero-order chi connectivity index (χ0) is 22.4. The van der Waals surface area contributed by atoms with Gasteiger partial charge in [0, 0.05) is 12.2 Å². The van der Waals surface area contributed by atoms with Crippen molar-refractivity contribution in [3.8, 4) is 11.4 Å². The minimum Gasteiger partial charge on any atom is -0.504 e. The molecule has 12 heteroatoms.